The molecule has 0 radical (unpaired) electrons. The van der Waals surface area contributed by atoms with Crippen molar-refractivity contribution in [3.8, 4) is 5.75 Å². The van der Waals surface area contributed by atoms with Crippen molar-refractivity contribution in [1.82, 2.24) is 14.5 Å². The molecule has 2 aliphatic rings. The first-order chi connectivity index (χ1) is 20.4. The zero-order valence-electron chi connectivity index (χ0n) is 22.9. The minimum Gasteiger partial charge on any atom is -0.489 e. The number of anilines is 1. The highest BCUT2D eigenvalue weighted by Gasteiger charge is 2.45. The summed E-state index contributed by atoms with van der Waals surface area (Å²) in [6, 6.07) is 17.2. The van der Waals surface area contributed by atoms with Gasteiger partial charge in [-0.15, -0.1) is 0 Å². The summed E-state index contributed by atoms with van der Waals surface area (Å²) in [5, 5.41) is 1.75. The van der Waals surface area contributed by atoms with E-state index in [1.807, 2.05) is 47.2 Å². The summed E-state index contributed by atoms with van der Waals surface area (Å²) >= 11 is 18.7. The summed E-state index contributed by atoms with van der Waals surface area (Å²) < 4.78 is 20.9. The molecule has 1 saturated heterocycles. The molecule has 1 fully saturated rings. The Labute approximate surface area is 260 Å². The van der Waals surface area contributed by atoms with Crippen molar-refractivity contribution in [3.63, 3.8) is 0 Å². The van der Waals surface area contributed by atoms with Gasteiger partial charge in [-0.3, -0.25) is 4.90 Å². The van der Waals surface area contributed by atoms with E-state index in [9.17, 15) is 0 Å². The Kier molecular flexibility index (Phi) is 8.77. The second-order valence-corrected chi connectivity index (χ2v) is 11.9. The van der Waals surface area contributed by atoms with Crippen LogP contribution >= 0.6 is 34.8 Å². The van der Waals surface area contributed by atoms with Gasteiger partial charge in [-0.25, -0.2) is 4.98 Å². The summed E-state index contributed by atoms with van der Waals surface area (Å²) in [4.78, 5) is 6.55. The summed E-state index contributed by atoms with van der Waals surface area (Å²) in [6.07, 6.45) is 10.2. The molecule has 3 heterocycles. The quantitative estimate of drug-likeness (QED) is 0.205. The van der Waals surface area contributed by atoms with Gasteiger partial charge in [0.25, 0.3) is 0 Å². The second kappa shape index (κ2) is 12.7. The van der Waals surface area contributed by atoms with Gasteiger partial charge in [0, 0.05) is 47.6 Å². The number of nitrogen functional groups attached to an aromatic ring is 1. The van der Waals surface area contributed by atoms with Gasteiger partial charge in [0.15, 0.2) is 0 Å². The molecule has 2 unspecified atom stereocenters. The van der Waals surface area contributed by atoms with Crippen molar-refractivity contribution < 1.29 is 14.2 Å². The van der Waals surface area contributed by atoms with Gasteiger partial charge in [0.05, 0.1) is 30.2 Å². The first-order valence-electron chi connectivity index (χ1n) is 13.8. The number of ether oxygens (including phenoxy) is 3. The van der Waals surface area contributed by atoms with E-state index in [-0.39, 0.29) is 12.7 Å². The van der Waals surface area contributed by atoms with E-state index in [1.54, 1.807) is 24.7 Å². The Morgan fingerprint density at radius 2 is 1.88 bits per heavy atom. The molecular formula is C32H31Cl3N4O3. The van der Waals surface area contributed by atoms with Gasteiger partial charge in [0.1, 0.15) is 18.5 Å². The van der Waals surface area contributed by atoms with E-state index in [0.717, 1.165) is 36.6 Å². The van der Waals surface area contributed by atoms with Crippen molar-refractivity contribution in [1.29, 1.82) is 0 Å². The van der Waals surface area contributed by atoms with Gasteiger partial charge in [-0.2, -0.15) is 0 Å². The van der Waals surface area contributed by atoms with Crippen LogP contribution in [0.1, 0.15) is 22.3 Å². The maximum atomic E-state index is 6.59. The lowest BCUT2D eigenvalue weighted by Crippen LogP contribution is -2.34. The molecule has 7 nitrogen and oxygen atoms in total. The maximum absolute atomic E-state index is 6.59. The molecule has 2 atom stereocenters. The highest BCUT2D eigenvalue weighted by atomic mass is 35.5. The molecule has 218 valence electrons. The normalized spacial score (nSPS) is 20.7. The molecule has 0 amide bonds. The fourth-order valence-corrected chi connectivity index (χ4v) is 6.09. The molecule has 6 rings (SSSR count). The first kappa shape index (κ1) is 29.1. The smallest absolute Gasteiger partial charge is 0.215 e. The van der Waals surface area contributed by atoms with Crippen molar-refractivity contribution in [2.75, 3.05) is 32.0 Å². The highest BCUT2D eigenvalue weighted by molar-refractivity contribution is 6.35. The van der Waals surface area contributed by atoms with Gasteiger partial charge >= 0.3 is 0 Å². The van der Waals surface area contributed by atoms with Gasteiger partial charge < -0.3 is 24.5 Å². The van der Waals surface area contributed by atoms with Gasteiger partial charge in [-0.05, 0) is 59.5 Å². The predicted octanol–water partition coefficient (Wildman–Crippen LogP) is 6.84. The maximum Gasteiger partial charge on any atom is 0.215 e. The van der Waals surface area contributed by atoms with Crippen molar-refractivity contribution in [3.05, 3.63) is 117 Å². The SMILES string of the molecule is Nc1cc2c(cc1OCC1COC(Cn3ccnc3)(c3ccc(Cl)cc3Cl)O1)CCN(C/C=C\c1ccc(Cl)cc1)C2. The molecule has 0 saturated carbocycles. The average Bonchev–Trinajstić information content (AvgIpc) is 3.63. The summed E-state index contributed by atoms with van der Waals surface area (Å²) in [5.74, 6) is -0.450. The van der Waals surface area contributed by atoms with E-state index >= 15 is 0 Å². The van der Waals surface area contributed by atoms with Crippen LogP contribution in [0.5, 0.6) is 5.75 Å². The molecule has 0 aliphatic carbocycles. The second-order valence-electron chi connectivity index (χ2n) is 10.6. The number of imidazole rings is 1. The van der Waals surface area contributed by atoms with Crippen LogP contribution in [0.3, 0.4) is 0 Å². The van der Waals surface area contributed by atoms with Crippen LogP contribution in [0, 0.1) is 0 Å². The molecule has 10 heteroatoms. The number of halogens is 3. The minimum absolute atomic E-state index is 0.279. The number of nitrogens with zero attached hydrogens (tertiary/aromatic N) is 3. The lowest BCUT2D eigenvalue weighted by Gasteiger charge is -2.30. The number of hydrogen-bond donors (Lipinski definition) is 1. The number of nitrogens with two attached hydrogens (primary N) is 1. The molecule has 2 aliphatic heterocycles. The molecule has 3 aromatic carbocycles. The van der Waals surface area contributed by atoms with Crippen molar-refractivity contribution in [2.24, 2.45) is 0 Å². The fourth-order valence-electron chi connectivity index (χ4n) is 5.41. The average molecular weight is 626 g/mol. The van der Waals surface area contributed by atoms with Gasteiger partial charge in [-0.1, -0.05) is 65.2 Å². The van der Waals surface area contributed by atoms with E-state index in [1.165, 1.54) is 11.1 Å². The number of aromatic nitrogens is 2. The Morgan fingerprint density at radius 1 is 1.05 bits per heavy atom. The molecule has 2 N–H and O–H groups in total. The zero-order valence-corrected chi connectivity index (χ0v) is 25.2. The van der Waals surface area contributed by atoms with Crippen molar-refractivity contribution in [2.45, 2.75) is 31.4 Å². The largest absolute Gasteiger partial charge is 0.489 e. The van der Waals surface area contributed by atoms with Crippen LogP contribution in [0.2, 0.25) is 15.1 Å². The third-order valence-corrected chi connectivity index (χ3v) is 8.34. The predicted molar refractivity (Wildman–Crippen MR) is 167 cm³/mol. The van der Waals surface area contributed by atoms with Crippen LogP contribution in [-0.2, 0) is 34.8 Å². The first-order valence-corrected chi connectivity index (χ1v) is 14.9. The van der Waals surface area contributed by atoms with Crippen molar-refractivity contribution >= 4 is 46.6 Å². The van der Waals surface area contributed by atoms with E-state index in [2.05, 4.69) is 28.1 Å². The van der Waals surface area contributed by atoms with Crippen LogP contribution in [0.25, 0.3) is 6.08 Å². The number of rotatable bonds is 9. The fraction of sp³-hybridized carbons (Fsp3) is 0.281. The Balaban J connectivity index is 1.09. The van der Waals surface area contributed by atoms with Crippen LogP contribution in [-0.4, -0.2) is 46.9 Å². The minimum atomic E-state index is -1.11. The Morgan fingerprint density at radius 3 is 2.67 bits per heavy atom. The van der Waals surface area contributed by atoms with E-state index in [0.29, 0.717) is 40.2 Å². The monoisotopic (exact) mass is 624 g/mol. The summed E-state index contributed by atoms with van der Waals surface area (Å²) in [6.45, 7) is 3.63. The topological polar surface area (TPSA) is 74.8 Å². The van der Waals surface area contributed by atoms with Crippen LogP contribution in [0.15, 0.2) is 79.4 Å². The molecule has 4 aromatic rings. The number of hydrogen-bond acceptors (Lipinski definition) is 6. The molecular weight excluding hydrogens is 595 g/mol. The zero-order chi connectivity index (χ0) is 29.1. The molecule has 0 bridgehead atoms. The third-order valence-electron chi connectivity index (χ3n) is 7.54. The highest BCUT2D eigenvalue weighted by Crippen LogP contribution is 2.41. The lowest BCUT2D eigenvalue weighted by atomic mass is 9.98. The van der Waals surface area contributed by atoms with E-state index < -0.39 is 5.79 Å². The summed E-state index contributed by atoms with van der Waals surface area (Å²) in [5.41, 5.74) is 11.4. The van der Waals surface area contributed by atoms with Gasteiger partial charge in [0.2, 0.25) is 5.79 Å². The molecule has 0 spiro atoms. The summed E-state index contributed by atoms with van der Waals surface area (Å²) in [7, 11) is 0. The molecule has 42 heavy (non-hydrogen) atoms. The molecule has 1 aromatic heterocycles. The Bertz CT molecular complexity index is 1560. The Hall–Kier alpha value is -3.04. The lowest BCUT2D eigenvalue weighted by molar-refractivity contribution is -0.189. The standard InChI is InChI=1S/C32H31Cl3N4O3/c33-25-5-3-22(4-6-25)2-1-11-38-12-9-23-15-31(30(36)14-24(23)17-38)40-18-27-19-41-32(42-27,20-39-13-10-37-21-39)28-8-7-26(34)16-29(28)35/h1-8,10,13-16,21,27H,9,11-12,17-20,36H2/b2-1-. The van der Waals surface area contributed by atoms with Crippen LogP contribution in [0.4, 0.5) is 5.69 Å². The number of benzene rings is 3. The number of fused-ring (bicyclic) bond motifs is 1. The van der Waals surface area contributed by atoms with Crippen LogP contribution < -0.4 is 10.5 Å². The van der Waals surface area contributed by atoms with E-state index in [4.69, 9.17) is 54.7 Å². The third kappa shape index (κ3) is 6.62.